The number of nitrogens with zero attached hydrogens (tertiary/aromatic N) is 2. The molecule has 1 fully saturated rings. The van der Waals surface area contributed by atoms with Crippen LogP contribution in [-0.4, -0.2) is 17.0 Å². The van der Waals surface area contributed by atoms with Crippen LogP contribution in [-0.2, 0) is 6.54 Å². The maximum Gasteiger partial charge on any atom is 0.134 e. The van der Waals surface area contributed by atoms with Gasteiger partial charge >= 0.3 is 0 Å². The van der Waals surface area contributed by atoms with Crippen LogP contribution in [0.25, 0.3) is 0 Å². The second-order valence-corrected chi connectivity index (χ2v) is 3.33. The van der Waals surface area contributed by atoms with Gasteiger partial charge in [0.25, 0.3) is 0 Å². The zero-order valence-electron chi connectivity index (χ0n) is 7.75. The van der Waals surface area contributed by atoms with Gasteiger partial charge < -0.3 is 11.1 Å². The van der Waals surface area contributed by atoms with Crippen molar-refractivity contribution in [3.8, 4) is 0 Å². The van der Waals surface area contributed by atoms with Crippen molar-refractivity contribution >= 4 is 5.82 Å². The summed E-state index contributed by atoms with van der Waals surface area (Å²) in [6.45, 7) is 0.483. The number of rotatable bonds is 3. The fourth-order valence-electron chi connectivity index (χ4n) is 1.27. The first-order chi connectivity index (χ1) is 6.33. The minimum Gasteiger partial charge on any atom is -0.373 e. The third-order valence-electron chi connectivity index (χ3n) is 2.20. The summed E-state index contributed by atoms with van der Waals surface area (Å²) in [5.74, 6) is 2.41. The SMILES string of the molecule is CNc1cc(CN)nc(C2CC2)n1. The number of hydrogen-bond donors (Lipinski definition) is 2. The lowest BCUT2D eigenvalue weighted by Gasteiger charge is -2.04. The van der Waals surface area contributed by atoms with Crippen molar-refractivity contribution in [1.82, 2.24) is 9.97 Å². The summed E-state index contributed by atoms with van der Waals surface area (Å²) in [7, 11) is 1.86. The van der Waals surface area contributed by atoms with Gasteiger partial charge in [-0.3, -0.25) is 0 Å². The van der Waals surface area contributed by atoms with Gasteiger partial charge in [-0.2, -0.15) is 0 Å². The minimum absolute atomic E-state index is 0.483. The van der Waals surface area contributed by atoms with E-state index in [0.29, 0.717) is 12.5 Å². The average molecular weight is 178 g/mol. The summed E-state index contributed by atoms with van der Waals surface area (Å²) in [4.78, 5) is 8.77. The fourth-order valence-corrected chi connectivity index (χ4v) is 1.27. The van der Waals surface area contributed by atoms with E-state index in [4.69, 9.17) is 5.73 Å². The van der Waals surface area contributed by atoms with E-state index >= 15 is 0 Å². The summed E-state index contributed by atoms with van der Waals surface area (Å²) in [5.41, 5.74) is 6.46. The van der Waals surface area contributed by atoms with Crippen molar-refractivity contribution in [2.75, 3.05) is 12.4 Å². The Kier molecular flexibility index (Phi) is 2.14. The number of anilines is 1. The van der Waals surface area contributed by atoms with E-state index in [1.807, 2.05) is 13.1 Å². The van der Waals surface area contributed by atoms with Gasteiger partial charge in [-0.05, 0) is 12.8 Å². The van der Waals surface area contributed by atoms with Gasteiger partial charge in [0.1, 0.15) is 11.6 Å². The molecule has 0 amide bonds. The molecule has 2 rings (SSSR count). The Balaban J connectivity index is 2.33. The number of nitrogens with two attached hydrogens (primary N) is 1. The van der Waals surface area contributed by atoms with Gasteiger partial charge in [0.2, 0.25) is 0 Å². The smallest absolute Gasteiger partial charge is 0.134 e. The molecule has 4 nitrogen and oxygen atoms in total. The van der Waals surface area contributed by atoms with E-state index in [2.05, 4.69) is 15.3 Å². The van der Waals surface area contributed by atoms with Crippen LogP contribution in [0.3, 0.4) is 0 Å². The van der Waals surface area contributed by atoms with E-state index in [-0.39, 0.29) is 0 Å². The van der Waals surface area contributed by atoms with Gasteiger partial charge in [-0.1, -0.05) is 0 Å². The molecular weight excluding hydrogens is 164 g/mol. The predicted molar refractivity (Wildman–Crippen MR) is 51.4 cm³/mol. The van der Waals surface area contributed by atoms with Crippen LogP contribution in [0.2, 0.25) is 0 Å². The topological polar surface area (TPSA) is 63.8 Å². The summed E-state index contributed by atoms with van der Waals surface area (Å²) in [6.07, 6.45) is 2.44. The Labute approximate surface area is 77.6 Å². The van der Waals surface area contributed by atoms with Gasteiger partial charge in [-0.15, -0.1) is 0 Å². The standard InChI is InChI=1S/C9H14N4/c1-11-8-4-7(5-10)12-9(13-8)6-2-3-6/h4,6H,2-3,5,10H2,1H3,(H,11,12,13). The largest absolute Gasteiger partial charge is 0.373 e. The highest BCUT2D eigenvalue weighted by Crippen LogP contribution is 2.38. The zero-order chi connectivity index (χ0) is 9.26. The van der Waals surface area contributed by atoms with Crippen LogP contribution in [0.5, 0.6) is 0 Å². The molecule has 1 aromatic heterocycles. The molecule has 0 unspecified atom stereocenters. The third-order valence-corrected chi connectivity index (χ3v) is 2.20. The molecule has 4 heteroatoms. The number of hydrogen-bond acceptors (Lipinski definition) is 4. The molecule has 3 N–H and O–H groups in total. The highest BCUT2D eigenvalue weighted by molar-refractivity contribution is 5.36. The number of nitrogens with one attached hydrogen (secondary N) is 1. The van der Waals surface area contributed by atoms with Gasteiger partial charge in [-0.25, -0.2) is 9.97 Å². The van der Waals surface area contributed by atoms with Crippen molar-refractivity contribution in [3.05, 3.63) is 17.6 Å². The molecule has 0 aromatic carbocycles. The first-order valence-electron chi connectivity index (χ1n) is 4.59. The van der Waals surface area contributed by atoms with E-state index in [1.165, 1.54) is 12.8 Å². The maximum absolute atomic E-state index is 5.54. The lowest BCUT2D eigenvalue weighted by molar-refractivity contribution is 0.869. The Bertz CT molecular complexity index is 284. The molecule has 13 heavy (non-hydrogen) atoms. The van der Waals surface area contributed by atoms with Gasteiger partial charge in [0.05, 0.1) is 5.69 Å². The van der Waals surface area contributed by atoms with Crippen molar-refractivity contribution in [1.29, 1.82) is 0 Å². The van der Waals surface area contributed by atoms with Crippen molar-refractivity contribution in [2.45, 2.75) is 25.3 Å². The summed E-state index contributed by atoms with van der Waals surface area (Å²) < 4.78 is 0. The molecule has 1 aliphatic carbocycles. The van der Waals surface area contributed by atoms with Crippen LogP contribution in [0.15, 0.2) is 6.07 Å². The normalized spacial score (nSPS) is 15.8. The lowest BCUT2D eigenvalue weighted by atomic mass is 10.3. The minimum atomic E-state index is 0.483. The molecule has 1 aromatic rings. The molecule has 0 bridgehead atoms. The molecular formula is C9H14N4. The zero-order valence-corrected chi connectivity index (χ0v) is 7.75. The van der Waals surface area contributed by atoms with Gasteiger partial charge in [0, 0.05) is 25.6 Å². The van der Waals surface area contributed by atoms with E-state index in [0.717, 1.165) is 17.3 Å². The van der Waals surface area contributed by atoms with E-state index < -0.39 is 0 Å². The monoisotopic (exact) mass is 178 g/mol. The predicted octanol–water partition coefficient (Wildman–Crippen LogP) is 0.854. The molecule has 0 saturated heterocycles. The molecule has 1 saturated carbocycles. The molecule has 70 valence electrons. The molecule has 0 aliphatic heterocycles. The van der Waals surface area contributed by atoms with Crippen LogP contribution >= 0.6 is 0 Å². The third kappa shape index (κ3) is 1.78. The Morgan fingerprint density at radius 3 is 2.85 bits per heavy atom. The molecule has 0 atom stereocenters. The lowest BCUT2D eigenvalue weighted by Crippen LogP contribution is -2.06. The maximum atomic E-state index is 5.54. The molecule has 0 radical (unpaired) electrons. The Hall–Kier alpha value is -1.16. The summed E-state index contributed by atoms with van der Waals surface area (Å²) in [6, 6.07) is 1.89. The highest BCUT2D eigenvalue weighted by atomic mass is 15.0. The molecule has 1 aliphatic rings. The van der Waals surface area contributed by atoms with Gasteiger partial charge in [0.15, 0.2) is 0 Å². The highest BCUT2D eigenvalue weighted by Gasteiger charge is 2.27. The van der Waals surface area contributed by atoms with Crippen molar-refractivity contribution in [2.24, 2.45) is 5.73 Å². The molecule has 0 spiro atoms. The van der Waals surface area contributed by atoms with Crippen LogP contribution < -0.4 is 11.1 Å². The van der Waals surface area contributed by atoms with Crippen LogP contribution in [0.1, 0.15) is 30.3 Å². The Morgan fingerprint density at radius 2 is 2.31 bits per heavy atom. The van der Waals surface area contributed by atoms with Crippen LogP contribution in [0, 0.1) is 0 Å². The second kappa shape index (κ2) is 3.30. The number of aromatic nitrogens is 2. The summed E-state index contributed by atoms with van der Waals surface area (Å²) in [5, 5.41) is 3.02. The quantitative estimate of drug-likeness (QED) is 0.720. The second-order valence-electron chi connectivity index (χ2n) is 3.33. The van der Waals surface area contributed by atoms with E-state index in [1.54, 1.807) is 0 Å². The average Bonchev–Trinajstić information content (AvgIpc) is 3.00. The van der Waals surface area contributed by atoms with Crippen molar-refractivity contribution in [3.63, 3.8) is 0 Å². The van der Waals surface area contributed by atoms with Crippen molar-refractivity contribution < 1.29 is 0 Å². The van der Waals surface area contributed by atoms with Crippen LogP contribution in [0.4, 0.5) is 5.82 Å². The fraction of sp³-hybridized carbons (Fsp3) is 0.556. The summed E-state index contributed by atoms with van der Waals surface area (Å²) >= 11 is 0. The first-order valence-corrected chi connectivity index (χ1v) is 4.59. The Morgan fingerprint density at radius 1 is 1.54 bits per heavy atom. The van der Waals surface area contributed by atoms with E-state index in [9.17, 15) is 0 Å². The molecule has 1 heterocycles. The first kappa shape index (κ1) is 8.44.